The predicted octanol–water partition coefficient (Wildman–Crippen LogP) is 10.4. The van der Waals surface area contributed by atoms with Crippen molar-refractivity contribution in [2.45, 2.75) is 44.3 Å². The molecule has 2 nitrogen and oxygen atoms in total. The molecule has 1 fully saturated rings. The molecule has 0 bridgehead atoms. The number of thiophene rings is 1. The second-order valence-corrected chi connectivity index (χ2v) is 14.9. The van der Waals surface area contributed by atoms with E-state index < -0.39 is 12.5 Å². The van der Waals surface area contributed by atoms with Gasteiger partial charge in [0.1, 0.15) is 0 Å². The van der Waals surface area contributed by atoms with Crippen LogP contribution in [0.3, 0.4) is 0 Å². The average molecular weight is 627 g/mol. The summed E-state index contributed by atoms with van der Waals surface area (Å²) >= 11 is 1.84. The molecule has 228 valence electrons. The van der Waals surface area contributed by atoms with E-state index in [9.17, 15) is 0 Å². The van der Waals surface area contributed by atoms with Crippen molar-refractivity contribution in [3.63, 3.8) is 0 Å². The van der Waals surface area contributed by atoms with E-state index in [1.807, 2.05) is 11.3 Å². The Labute approximate surface area is 280 Å². The van der Waals surface area contributed by atoms with Gasteiger partial charge < -0.3 is 9.31 Å². The molecular formula is C43H35BO2S. The van der Waals surface area contributed by atoms with Crippen LogP contribution in [0.25, 0.3) is 42.4 Å². The van der Waals surface area contributed by atoms with Crippen molar-refractivity contribution < 1.29 is 9.31 Å². The number of hydrogen-bond donors (Lipinski definition) is 0. The number of fused-ring (bicyclic) bond motifs is 6. The summed E-state index contributed by atoms with van der Waals surface area (Å²) in [7, 11) is -0.397. The zero-order chi connectivity index (χ0) is 32.0. The van der Waals surface area contributed by atoms with Gasteiger partial charge in [0.15, 0.2) is 0 Å². The maximum atomic E-state index is 6.51. The lowest BCUT2D eigenvalue weighted by molar-refractivity contribution is 0.00578. The van der Waals surface area contributed by atoms with Crippen molar-refractivity contribution in [3.05, 3.63) is 162 Å². The van der Waals surface area contributed by atoms with Gasteiger partial charge in [-0.2, -0.15) is 0 Å². The molecule has 47 heavy (non-hydrogen) atoms. The minimum Gasteiger partial charge on any atom is -0.399 e. The van der Waals surface area contributed by atoms with E-state index in [1.54, 1.807) is 0 Å². The molecule has 2 aliphatic rings. The second-order valence-electron chi connectivity index (χ2n) is 13.9. The van der Waals surface area contributed by atoms with Crippen LogP contribution in [0.5, 0.6) is 0 Å². The van der Waals surface area contributed by atoms with Gasteiger partial charge in [0, 0.05) is 20.2 Å². The van der Waals surface area contributed by atoms with Gasteiger partial charge in [-0.25, -0.2) is 0 Å². The highest BCUT2D eigenvalue weighted by Crippen LogP contribution is 2.56. The second kappa shape index (κ2) is 10.3. The summed E-state index contributed by atoms with van der Waals surface area (Å²) in [6.45, 7) is 8.46. The van der Waals surface area contributed by atoms with E-state index in [-0.39, 0.29) is 11.2 Å². The first-order valence-corrected chi connectivity index (χ1v) is 17.3. The van der Waals surface area contributed by atoms with Crippen LogP contribution >= 0.6 is 11.3 Å². The fourth-order valence-electron chi connectivity index (χ4n) is 7.84. The third-order valence-corrected chi connectivity index (χ3v) is 12.2. The van der Waals surface area contributed by atoms with Crippen molar-refractivity contribution in [2.24, 2.45) is 0 Å². The quantitative estimate of drug-likeness (QED) is 0.181. The van der Waals surface area contributed by atoms with Gasteiger partial charge in [-0.1, -0.05) is 140 Å². The molecule has 0 N–H and O–H groups in total. The van der Waals surface area contributed by atoms with Crippen LogP contribution in [0.4, 0.5) is 0 Å². The van der Waals surface area contributed by atoms with E-state index in [0.29, 0.717) is 0 Å². The maximum absolute atomic E-state index is 6.51. The SMILES string of the molecule is CC1(C)OB(c2cccc3c2sc2c(-c4ccc(C5(c6ccccc6)c6ccccc6-c6ccccc65)cc4)cccc23)OC1(C)C. The van der Waals surface area contributed by atoms with Gasteiger partial charge in [-0.15, -0.1) is 11.3 Å². The monoisotopic (exact) mass is 626 g/mol. The van der Waals surface area contributed by atoms with E-state index in [0.717, 1.165) is 5.46 Å². The number of hydrogen-bond acceptors (Lipinski definition) is 3. The van der Waals surface area contributed by atoms with Crippen molar-refractivity contribution in [2.75, 3.05) is 0 Å². The van der Waals surface area contributed by atoms with Gasteiger partial charge >= 0.3 is 7.12 Å². The first-order valence-electron chi connectivity index (χ1n) is 16.5. The molecule has 1 aliphatic heterocycles. The van der Waals surface area contributed by atoms with E-state index in [2.05, 4.69) is 167 Å². The Morgan fingerprint density at radius 3 is 1.62 bits per heavy atom. The van der Waals surface area contributed by atoms with Gasteiger partial charge in [0.2, 0.25) is 0 Å². The molecule has 0 radical (unpaired) electrons. The van der Waals surface area contributed by atoms with Crippen LogP contribution in [0.1, 0.15) is 49.9 Å². The highest BCUT2D eigenvalue weighted by Gasteiger charge is 2.52. The summed E-state index contributed by atoms with van der Waals surface area (Å²) in [5, 5.41) is 2.52. The summed E-state index contributed by atoms with van der Waals surface area (Å²) in [6.07, 6.45) is 0. The molecule has 0 amide bonds. The number of rotatable bonds is 4. The standard InChI is InChI=1S/C43H35BO2S/c1-41(2)42(3,4)46-44(45-41)38-23-13-20-35-34-19-12-18-31(39(34)47-40(35)38)28-24-26-30(27-25-28)43(29-14-6-5-7-15-29)36-21-10-8-16-32(36)33-17-9-11-22-37(33)43/h5-27H,1-4H3. The van der Waals surface area contributed by atoms with Crippen molar-refractivity contribution in [3.8, 4) is 22.3 Å². The molecule has 4 heteroatoms. The molecule has 0 atom stereocenters. The first kappa shape index (κ1) is 28.7. The van der Waals surface area contributed by atoms with E-state index in [4.69, 9.17) is 9.31 Å². The fraction of sp³-hybridized carbons (Fsp3) is 0.163. The van der Waals surface area contributed by atoms with Gasteiger partial charge in [-0.3, -0.25) is 0 Å². The lowest BCUT2D eigenvalue weighted by Gasteiger charge is -2.34. The molecule has 9 rings (SSSR count). The molecule has 0 saturated carbocycles. The first-order chi connectivity index (χ1) is 22.8. The molecule has 7 aromatic rings. The third-order valence-electron chi connectivity index (χ3n) is 10.9. The normalized spacial score (nSPS) is 17.2. The summed E-state index contributed by atoms with van der Waals surface area (Å²) in [5.74, 6) is 0. The molecule has 1 aliphatic carbocycles. The van der Waals surface area contributed by atoms with E-state index >= 15 is 0 Å². The predicted molar refractivity (Wildman–Crippen MR) is 198 cm³/mol. The average Bonchev–Trinajstić information content (AvgIpc) is 3.70. The van der Waals surface area contributed by atoms with Gasteiger partial charge in [-0.05, 0) is 77.6 Å². The minimum absolute atomic E-state index is 0.388. The van der Waals surface area contributed by atoms with Crippen LogP contribution in [0.2, 0.25) is 0 Å². The van der Waals surface area contributed by atoms with Crippen LogP contribution in [-0.4, -0.2) is 18.3 Å². The smallest absolute Gasteiger partial charge is 0.399 e. The molecule has 0 unspecified atom stereocenters. The maximum Gasteiger partial charge on any atom is 0.496 e. The molecule has 6 aromatic carbocycles. The summed E-state index contributed by atoms with van der Waals surface area (Å²) in [5.41, 5.74) is 10.2. The van der Waals surface area contributed by atoms with E-state index in [1.165, 1.54) is 64.7 Å². The number of benzene rings is 6. The zero-order valence-corrected chi connectivity index (χ0v) is 27.9. The summed E-state index contributed by atoms with van der Waals surface area (Å²) < 4.78 is 15.5. The van der Waals surface area contributed by atoms with Gasteiger partial charge in [0.25, 0.3) is 0 Å². The molecule has 1 saturated heterocycles. The molecular weight excluding hydrogens is 591 g/mol. The zero-order valence-electron chi connectivity index (χ0n) is 27.1. The fourth-order valence-corrected chi connectivity index (χ4v) is 9.19. The Morgan fingerprint density at radius 1 is 0.468 bits per heavy atom. The Hall–Kier alpha value is -4.48. The summed E-state index contributed by atoms with van der Waals surface area (Å²) in [4.78, 5) is 0. The van der Waals surface area contributed by atoms with Crippen molar-refractivity contribution in [1.82, 2.24) is 0 Å². The van der Waals surface area contributed by atoms with Crippen molar-refractivity contribution in [1.29, 1.82) is 0 Å². The van der Waals surface area contributed by atoms with Crippen LogP contribution in [-0.2, 0) is 14.7 Å². The molecule has 2 heterocycles. The Morgan fingerprint density at radius 2 is 0.979 bits per heavy atom. The highest BCUT2D eigenvalue weighted by molar-refractivity contribution is 7.27. The minimum atomic E-state index is -0.397. The Balaban J connectivity index is 1.20. The Kier molecular flexibility index (Phi) is 6.27. The van der Waals surface area contributed by atoms with Gasteiger partial charge in [0.05, 0.1) is 16.6 Å². The molecule has 0 spiro atoms. The van der Waals surface area contributed by atoms with Crippen molar-refractivity contribution >= 4 is 44.1 Å². The largest absolute Gasteiger partial charge is 0.496 e. The van der Waals surface area contributed by atoms with Crippen LogP contribution in [0, 0.1) is 0 Å². The van der Waals surface area contributed by atoms with Crippen LogP contribution < -0.4 is 5.46 Å². The lowest BCUT2D eigenvalue weighted by atomic mass is 9.67. The molecule has 1 aromatic heterocycles. The lowest BCUT2D eigenvalue weighted by Crippen LogP contribution is -2.41. The Bertz CT molecular complexity index is 2260. The van der Waals surface area contributed by atoms with Crippen LogP contribution in [0.15, 0.2) is 140 Å². The third kappa shape index (κ3) is 4.05. The highest BCUT2D eigenvalue weighted by atomic mass is 32.1. The summed E-state index contributed by atoms with van der Waals surface area (Å²) in [6, 6.07) is 51.4. The topological polar surface area (TPSA) is 18.5 Å².